The summed E-state index contributed by atoms with van der Waals surface area (Å²) >= 11 is 3.60. The third-order valence-electron chi connectivity index (χ3n) is 9.67. The lowest BCUT2D eigenvalue weighted by atomic mass is 9.82. The summed E-state index contributed by atoms with van der Waals surface area (Å²) in [6, 6.07) is 23.0. The van der Waals surface area contributed by atoms with Crippen LogP contribution in [0.3, 0.4) is 0 Å². The molecule has 3 aromatic carbocycles. The maximum atomic E-state index is 14.8. The second-order valence-corrected chi connectivity index (χ2v) is 18.0. The van der Waals surface area contributed by atoms with E-state index >= 15 is 0 Å². The molecule has 1 spiro atoms. The van der Waals surface area contributed by atoms with Crippen molar-refractivity contribution in [3.05, 3.63) is 94.0 Å². The summed E-state index contributed by atoms with van der Waals surface area (Å²) in [5.41, 5.74) is 2.25. The highest BCUT2D eigenvalue weighted by atomic mass is 79.9. The minimum Gasteiger partial charge on any atom is -0.432 e. The molecule has 2 saturated heterocycles. The van der Waals surface area contributed by atoms with Gasteiger partial charge in [-0.15, -0.1) is 0 Å². The number of ether oxygens (including phenoxy) is 1. The minimum atomic E-state index is -2.99. The summed E-state index contributed by atoms with van der Waals surface area (Å²) in [6.45, 7) is 6.90. The van der Waals surface area contributed by atoms with Crippen LogP contribution in [-0.2, 0) is 37.8 Å². The third kappa shape index (κ3) is 5.83. The van der Waals surface area contributed by atoms with Crippen LogP contribution in [-0.4, -0.2) is 66.6 Å². The highest BCUT2D eigenvalue weighted by molar-refractivity contribution is 9.10. The zero-order valence-electron chi connectivity index (χ0n) is 26.4. The Morgan fingerprint density at radius 1 is 1.07 bits per heavy atom. The normalized spacial score (nSPS) is 24.0. The molecule has 2 fully saturated rings. The molecule has 11 heteroatoms. The summed E-state index contributed by atoms with van der Waals surface area (Å²) in [5.74, 6) is -0.772. The molecule has 0 aliphatic carbocycles. The van der Waals surface area contributed by atoms with E-state index in [9.17, 15) is 24.3 Å². The largest absolute Gasteiger partial charge is 0.432 e. The molecular formula is C35H40BrN3O6Si. The van der Waals surface area contributed by atoms with E-state index < -0.39 is 31.5 Å². The summed E-state index contributed by atoms with van der Waals surface area (Å²) in [6.07, 6.45) is -0.195. The molecule has 0 unspecified atom stereocenters. The van der Waals surface area contributed by atoms with Crippen LogP contribution in [0.2, 0.25) is 18.6 Å². The van der Waals surface area contributed by atoms with E-state index in [0.717, 1.165) is 27.0 Å². The van der Waals surface area contributed by atoms with Crippen LogP contribution < -0.4 is 9.80 Å². The number of amides is 3. The molecule has 3 aromatic rings. The number of aliphatic hydroxyl groups excluding tert-OH is 1. The van der Waals surface area contributed by atoms with Crippen molar-refractivity contribution >= 4 is 53.3 Å². The zero-order valence-corrected chi connectivity index (χ0v) is 28.9. The summed E-state index contributed by atoms with van der Waals surface area (Å²) in [4.78, 5) is 57.4. The average Bonchev–Trinajstić information content (AvgIpc) is 3.43. The third-order valence-corrected chi connectivity index (χ3v) is 12.7. The number of fused-ring (bicyclic) bond motifs is 2. The summed E-state index contributed by atoms with van der Waals surface area (Å²) in [5, 5.41) is 9.78. The van der Waals surface area contributed by atoms with Crippen LogP contribution >= 0.6 is 15.9 Å². The number of halogens is 1. The molecule has 242 valence electrons. The lowest BCUT2D eigenvalue weighted by Gasteiger charge is -2.33. The van der Waals surface area contributed by atoms with Crippen molar-refractivity contribution in [1.29, 1.82) is 0 Å². The van der Waals surface area contributed by atoms with Gasteiger partial charge in [-0.25, -0.2) is 0 Å². The Bertz CT molecular complexity index is 1650. The lowest BCUT2D eigenvalue weighted by molar-refractivity contribution is -0.150. The SMILES string of the molecule is C[C@H]1[C@H]([Si](C)(C)O)[C@@H](CC(=O)N(CCO)Cc2ccccc2)O[C@]12C(=O)N(Cc1cccc(N3CCC3=O)c1)c1ccc(Br)cc12. The quantitative estimate of drug-likeness (QED) is 0.229. The maximum Gasteiger partial charge on any atom is 0.264 e. The molecule has 0 saturated carbocycles. The molecule has 3 heterocycles. The summed E-state index contributed by atoms with van der Waals surface area (Å²) < 4.78 is 7.67. The maximum absolute atomic E-state index is 14.8. The minimum absolute atomic E-state index is 0.0247. The second-order valence-electron chi connectivity index (χ2n) is 13.1. The van der Waals surface area contributed by atoms with Crippen molar-refractivity contribution in [3.63, 3.8) is 0 Å². The molecule has 0 radical (unpaired) electrons. The number of aliphatic hydroxyl groups is 1. The lowest BCUT2D eigenvalue weighted by Crippen LogP contribution is -2.46. The zero-order chi connectivity index (χ0) is 32.8. The monoisotopic (exact) mass is 705 g/mol. The highest BCUT2D eigenvalue weighted by Crippen LogP contribution is 2.60. The fourth-order valence-electron chi connectivity index (χ4n) is 7.52. The Hall–Kier alpha value is -3.35. The fraction of sp³-hybridized carbons (Fsp3) is 0.400. The van der Waals surface area contributed by atoms with E-state index in [1.54, 1.807) is 14.7 Å². The Morgan fingerprint density at radius 3 is 2.46 bits per heavy atom. The van der Waals surface area contributed by atoms with Gasteiger partial charge in [0.25, 0.3) is 5.91 Å². The molecule has 6 rings (SSSR count). The van der Waals surface area contributed by atoms with Gasteiger partial charge in [0, 0.05) is 53.2 Å². The molecule has 3 aliphatic rings. The molecule has 4 atom stereocenters. The number of hydrogen-bond donors (Lipinski definition) is 2. The van der Waals surface area contributed by atoms with Crippen molar-refractivity contribution < 1.29 is 29.0 Å². The van der Waals surface area contributed by atoms with Crippen LogP contribution in [0.25, 0.3) is 0 Å². The number of anilines is 2. The van der Waals surface area contributed by atoms with Crippen LogP contribution in [0, 0.1) is 5.92 Å². The topological polar surface area (TPSA) is 111 Å². The molecule has 0 bridgehead atoms. The van der Waals surface area contributed by atoms with E-state index in [-0.39, 0.29) is 43.8 Å². The molecule has 9 nitrogen and oxygen atoms in total. The first-order chi connectivity index (χ1) is 21.9. The predicted molar refractivity (Wildman–Crippen MR) is 181 cm³/mol. The van der Waals surface area contributed by atoms with E-state index in [2.05, 4.69) is 15.9 Å². The van der Waals surface area contributed by atoms with Gasteiger partial charge in [-0.1, -0.05) is 65.3 Å². The van der Waals surface area contributed by atoms with Crippen LogP contribution in [0.5, 0.6) is 0 Å². The molecular weight excluding hydrogens is 666 g/mol. The molecule has 3 amide bonds. The van der Waals surface area contributed by atoms with Gasteiger partial charge in [-0.2, -0.15) is 0 Å². The van der Waals surface area contributed by atoms with Gasteiger partial charge < -0.3 is 29.3 Å². The van der Waals surface area contributed by atoms with Crippen molar-refractivity contribution in [2.45, 2.75) is 63.2 Å². The first-order valence-electron chi connectivity index (χ1n) is 15.8. The second kappa shape index (κ2) is 12.7. The van der Waals surface area contributed by atoms with Crippen molar-refractivity contribution in [2.24, 2.45) is 5.92 Å². The van der Waals surface area contributed by atoms with Crippen molar-refractivity contribution in [1.82, 2.24) is 4.90 Å². The Balaban J connectivity index is 1.33. The Morgan fingerprint density at radius 2 is 1.80 bits per heavy atom. The number of carbonyl (C=O) groups is 3. The van der Waals surface area contributed by atoms with Gasteiger partial charge in [-0.05, 0) is 54.6 Å². The first kappa shape index (κ1) is 32.6. The highest BCUT2D eigenvalue weighted by Gasteiger charge is 2.66. The van der Waals surface area contributed by atoms with Gasteiger partial charge >= 0.3 is 0 Å². The van der Waals surface area contributed by atoms with E-state index in [1.807, 2.05) is 92.8 Å². The first-order valence-corrected chi connectivity index (χ1v) is 19.6. The number of nitrogens with zero attached hydrogens (tertiary/aromatic N) is 3. The number of benzene rings is 3. The van der Waals surface area contributed by atoms with Gasteiger partial charge in [-0.3, -0.25) is 14.4 Å². The van der Waals surface area contributed by atoms with Crippen molar-refractivity contribution in [2.75, 3.05) is 29.5 Å². The number of β-lactam (4-membered cyclic amide) rings is 1. The van der Waals surface area contributed by atoms with Gasteiger partial charge in [0.15, 0.2) is 13.9 Å². The van der Waals surface area contributed by atoms with Gasteiger partial charge in [0.2, 0.25) is 11.8 Å². The fourth-order valence-corrected chi connectivity index (χ4v) is 10.4. The van der Waals surface area contributed by atoms with Gasteiger partial charge in [0.05, 0.1) is 31.4 Å². The number of hydrogen-bond acceptors (Lipinski definition) is 6. The summed E-state index contributed by atoms with van der Waals surface area (Å²) in [7, 11) is -2.99. The Kier molecular flexibility index (Phi) is 8.99. The van der Waals surface area contributed by atoms with Crippen LogP contribution in [0.15, 0.2) is 77.3 Å². The predicted octanol–water partition coefficient (Wildman–Crippen LogP) is 4.94. The van der Waals surface area contributed by atoms with Crippen molar-refractivity contribution in [3.8, 4) is 0 Å². The number of carbonyl (C=O) groups excluding carboxylic acids is 3. The van der Waals surface area contributed by atoms with E-state index in [1.165, 1.54) is 0 Å². The molecule has 3 aliphatic heterocycles. The van der Waals surface area contributed by atoms with Crippen LogP contribution in [0.1, 0.15) is 36.5 Å². The van der Waals surface area contributed by atoms with E-state index in [0.29, 0.717) is 25.1 Å². The van der Waals surface area contributed by atoms with Gasteiger partial charge in [0.1, 0.15) is 0 Å². The van der Waals surface area contributed by atoms with E-state index in [4.69, 9.17) is 4.74 Å². The number of rotatable bonds is 10. The Labute approximate surface area is 279 Å². The average molecular weight is 707 g/mol. The molecule has 2 N–H and O–H groups in total. The standard InChI is InChI=1S/C35H40BrN3O6Si/c1-23-33(46(2,3)44)30(20-32(42)37(16-17-40)21-24-8-5-4-6-9-24)45-35(23)28-19-26(36)12-13-29(28)39(34(35)43)22-25-10-7-11-27(18-25)38-15-14-31(38)41/h4-13,18-19,23,30,33,40,44H,14-17,20-22H2,1-3H3/t23-,30+,33-,35+/m0/s1. The smallest absolute Gasteiger partial charge is 0.264 e. The van der Waals surface area contributed by atoms with Crippen LogP contribution in [0.4, 0.5) is 11.4 Å². The molecule has 46 heavy (non-hydrogen) atoms. The molecule has 0 aromatic heterocycles.